The van der Waals surface area contributed by atoms with Crippen molar-refractivity contribution in [1.82, 2.24) is 5.43 Å². The van der Waals surface area contributed by atoms with Crippen LogP contribution >= 0.6 is 0 Å². The number of hydrogen-bond donors (Lipinski definition) is 1. The summed E-state index contributed by atoms with van der Waals surface area (Å²) in [5, 5.41) is 3.92. The fraction of sp³-hybridized carbons (Fsp3) is 0.115. The predicted octanol–water partition coefficient (Wildman–Crippen LogP) is 4.45. The summed E-state index contributed by atoms with van der Waals surface area (Å²) < 4.78 is 10.7. The molecule has 0 aliphatic carbocycles. The Kier molecular flexibility index (Phi) is 7.92. The topological polar surface area (TPSA) is 77.0 Å². The van der Waals surface area contributed by atoms with Gasteiger partial charge in [0.2, 0.25) is 0 Å². The standard InChI is InChI=1S/C26H24N2O4/c1-19-8-12-24(16-20(19)2)31-18-25(29)28-27-17-22-9-13-23(14-10-22)32-26(30)15-11-21-6-4-3-5-7-21/h3-17H,18H2,1-2H3,(H,28,29). The summed E-state index contributed by atoms with van der Waals surface area (Å²) in [4.78, 5) is 23.8. The normalized spacial score (nSPS) is 10.9. The molecule has 0 fully saturated rings. The number of amides is 1. The molecule has 0 aromatic heterocycles. The molecule has 0 aliphatic rings. The van der Waals surface area contributed by atoms with E-state index in [0.717, 1.165) is 22.3 Å². The van der Waals surface area contributed by atoms with Gasteiger partial charge in [-0.2, -0.15) is 5.10 Å². The van der Waals surface area contributed by atoms with E-state index in [0.29, 0.717) is 11.5 Å². The van der Waals surface area contributed by atoms with Crippen LogP contribution < -0.4 is 14.9 Å². The molecule has 0 radical (unpaired) electrons. The molecule has 3 aromatic carbocycles. The fourth-order valence-corrected chi connectivity index (χ4v) is 2.66. The molecule has 3 rings (SSSR count). The first-order valence-corrected chi connectivity index (χ1v) is 10.1. The van der Waals surface area contributed by atoms with E-state index in [9.17, 15) is 9.59 Å². The van der Waals surface area contributed by atoms with Crippen LogP contribution in [0, 0.1) is 13.8 Å². The monoisotopic (exact) mass is 428 g/mol. The van der Waals surface area contributed by atoms with Crippen LogP contribution in [0.2, 0.25) is 0 Å². The molecule has 3 aromatic rings. The molecular formula is C26H24N2O4. The molecule has 0 spiro atoms. The van der Waals surface area contributed by atoms with E-state index in [1.165, 1.54) is 12.3 Å². The Labute approximate surface area is 187 Å². The molecule has 6 heteroatoms. The minimum absolute atomic E-state index is 0.134. The van der Waals surface area contributed by atoms with Gasteiger partial charge in [-0.1, -0.05) is 36.4 Å². The van der Waals surface area contributed by atoms with Gasteiger partial charge in [0.15, 0.2) is 6.61 Å². The van der Waals surface area contributed by atoms with E-state index < -0.39 is 5.97 Å². The van der Waals surface area contributed by atoms with E-state index in [2.05, 4.69) is 10.5 Å². The van der Waals surface area contributed by atoms with Gasteiger partial charge < -0.3 is 9.47 Å². The molecule has 1 N–H and O–H groups in total. The number of esters is 1. The largest absolute Gasteiger partial charge is 0.484 e. The molecule has 0 saturated heterocycles. The summed E-state index contributed by atoms with van der Waals surface area (Å²) in [7, 11) is 0. The first-order valence-electron chi connectivity index (χ1n) is 10.1. The highest BCUT2D eigenvalue weighted by Crippen LogP contribution is 2.16. The summed E-state index contributed by atoms with van der Waals surface area (Å²) in [5.41, 5.74) is 6.33. The molecule has 162 valence electrons. The number of rotatable bonds is 8. The minimum atomic E-state index is -0.466. The third-order valence-corrected chi connectivity index (χ3v) is 4.56. The number of ether oxygens (including phenoxy) is 2. The maximum atomic E-state index is 11.9. The summed E-state index contributed by atoms with van der Waals surface area (Å²) in [6.45, 7) is 3.87. The second-order valence-corrected chi connectivity index (χ2v) is 7.06. The van der Waals surface area contributed by atoms with Gasteiger partial charge in [0.1, 0.15) is 11.5 Å². The smallest absolute Gasteiger partial charge is 0.336 e. The third kappa shape index (κ3) is 7.25. The van der Waals surface area contributed by atoms with Crippen molar-refractivity contribution in [3.05, 3.63) is 101 Å². The Morgan fingerprint density at radius 2 is 1.59 bits per heavy atom. The van der Waals surface area contributed by atoms with E-state index >= 15 is 0 Å². The number of hydrazone groups is 1. The number of nitrogens with zero attached hydrogens (tertiary/aromatic N) is 1. The van der Waals surface area contributed by atoms with Crippen LogP contribution in [-0.4, -0.2) is 24.7 Å². The number of carbonyl (C=O) groups is 2. The lowest BCUT2D eigenvalue weighted by atomic mass is 10.1. The molecule has 0 saturated carbocycles. The predicted molar refractivity (Wildman–Crippen MR) is 125 cm³/mol. The van der Waals surface area contributed by atoms with E-state index in [4.69, 9.17) is 9.47 Å². The van der Waals surface area contributed by atoms with Crippen LogP contribution in [0.15, 0.2) is 84.0 Å². The third-order valence-electron chi connectivity index (χ3n) is 4.56. The Bertz CT molecular complexity index is 1120. The number of nitrogens with one attached hydrogen (secondary N) is 1. The van der Waals surface area contributed by atoms with E-state index in [1.54, 1.807) is 30.3 Å². The van der Waals surface area contributed by atoms with E-state index in [-0.39, 0.29) is 12.5 Å². The zero-order valence-electron chi connectivity index (χ0n) is 17.9. The van der Waals surface area contributed by atoms with Crippen molar-refractivity contribution >= 4 is 24.2 Å². The quantitative estimate of drug-likeness (QED) is 0.189. The van der Waals surface area contributed by atoms with Gasteiger partial charge in [0.05, 0.1) is 6.21 Å². The number of hydrogen-bond acceptors (Lipinski definition) is 5. The van der Waals surface area contributed by atoms with Gasteiger partial charge in [-0.05, 0) is 78.6 Å². The summed E-state index contributed by atoms with van der Waals surface area (Å²) in [6, 6.07) is 21.9. The van der Waals surface area contributed by atoms with Gasteiger partial charge in [0, 0.05) is 6.08 Å². The van der Waals surface area contributed by atoms with Gasteiger partial charge in [-0.3, -0.25) is 4.79 Å². The molecule has 0 aliphatic heterocycles. The Morgan fingerprint density at radius 3 is 2.31 bits per heavy atom. The second kappa shape index (κ2) is 11.3. The molecule has 0 unspecified atom stereocenters. The lowest BCUT2D eigenvalue weighted by molar-refractivity contribution is -0.129. The van der Waals surface area contributed by atoms with Crippen molar-refractivity contribution in [1.29, 1.82) is 0 Å². The number of aryl methyl sites for hydroxylation is 2. The van der Waals surface area contributed by atoms with Crippen molar-refractivity contribution < 1.29 is 19.1 Å². The highest BCUT2D eigenvalue weighted by atomic mass is 16.5. The first-order chi connectivity index (χ1) is 15.5. The van der Waals surface area contributed by atoms with Crippen LogP contribution in [0.4, 0.5) is 0 Å². The molecule has 0 atom stereocenters. The molecule has 32 heavy (non-hydrogen) atoms. The summed E-state index contributed by atoms with van der Waals surface area (Å²) in [5.74, 6) is 0.216. The highest BCUT2D eigenvalue weighted by Gasteiger charge is 2.03. The number of carbonyl (C=O) groups excluding carboxylic acids is 2. The summed E-state index contributed by atoms with van der Waals surface area (Å²) in [6.07, 6.45) is 4.56. The lowest BCUT2D eigenvalue weighted by Crippen LogP contribution is -2.24. The molecule has 0 heterocycles. The first kappa shape index (κ1) is 22.5. The molecule has 6 nitrogen and oxygen atoms in total. The van der Waals surface area contributed by atoms with Crippen LogP contribution in [0.3, 0.4) is 0 Å². The van der Waals surface area contributed by atoms with Crippen LogP contribution in [-0.2, 0) is 9.59 Å². The Morgan fingerprint density at radius 1 is 0.875 bits per heavy atom. The van der Waals surface area contributed by atoms with Gasteiger partial charge in [-0.15, -0.1) is 0 Å². The second-order valence-electron chi connectivity index (χ2n) is 7.06. The number of benzene rings is 3. The van der Waals surface area contributed by atoms with Crippen LogP contribution in [0.1, 0.15) is 22.3 Å². The molecule has 1 amide bonds. The maximum absolute atomic E-state index is 11.9. The van der Waals surface area contributed by atoms with Crippen molar-refractivity contribution in [2.45, 2.75) is 13.8 Å². The van der Waals surface area contributed by atoms with Crippen molar-refractivity contribution in [2.75, 3.05) is 6.61 Å². The molecular weight excluding hydrogens is 404 g/mol. The van der Waals surface area contributed by atoms with Gasteiger partial charge in [-0.25, -0.2) is 10.2 Å². The van der Waals surface area contributed by atoms with Crippen molar-refractivity contribution in [3.8, 4) is 11.5 Å². The minimum Gasteiger partial charge on any atom is -0.484 e. The van der Waals surface area contributed by atoms with E-state index in [1.807, 2.05) is 62.4 Å². The summed E-state index contributed by atoms with van der Waals surface area (Å²) >= 11 is 0. The van der Waals surface area contributed by atoms with Gasteiger partial charge >= 0.3 is 5.97 Å². The van der Waals surface area contributed by atoms with Crippen molar-refractivity contribution in [2.24, 2.45) is 5.10 Å². The maximum Gasteiger partial charge on any atom is 0.336 e. The zero-order valence-corrected chi connectivity index (χ0v) is 17.9. The van der Waals surface area contributed by atoms with Gasteiger partial charge in [0.25, 0.3) is 5.91 Å². The highest BCUT2D eigenvalue weighted by molar-refractivity contribution is 5.89. The Balaban J connectivity index is 1.43. The zero-order chi connectivity index (χ0) is 22.8. The Hall–Kier alpha value is -4.19. The SMILES string of the molecule is Cc1ccc(OCC(=O)NN=Cc2ccc(OC(=O)C=Cc3ccccc3)cc2)cc1C. The molecule has 0 bridgehead atoms. The van der Waals surface area contributed by atoms with Crippen LogP contribution in [0.25, 0.3) is 6.08 Å². The fourth-order valence-electron chi connectivity index (χ4n) is 2.66. The van der Waals surface area contributed by atoms with Crippen LogP contribution in [0.5, 0.6) is 11.5 Å². The lowest BCUT2D eigenvalue weighted by Gasteiger charge is -2.07. The van der Waals surface area contributed by atoms with Crippen molar-refractivity contribution in [3.63, 3.8) is 0 Å². The average molecular weight is 428 g/mol. The average Bonchev–Trinajstić information content (AvgIpc) is 2.80.